The van der Waals surface area contributed by atoms with Gasteiger partial charge in [0, 0.05) is 19.6 Å². The van der Waals surface area contributed by atoms with Crippen LogP contribution >= 0.6 is 0 Å². The molecule has 2 saturated heterocycles. The van der Waals surface area contributed by atoms with E-state index >= 15 is 0 Å². The summed E-state index contributed by atoms with van der Waals surface area (Å²) in [6, 6.07) is 0.654. The molecule has 0 aliphatic carbocycles. The first-order chi connectivity index (χ1) is 5.34. The zero-order valence-electron chi connectivity index (χ0n) is 7.05. The van der Waals surface area contributed by atoms with Crippen LogP contribution in [0.2, 0.25) is 0 Å². The Balaban J connectivity index is 1.53. The Morgan fingerprint density at radius 2 is 2.18 bits per heavy atom. The molecule has 0 aromatic carbocycles. The molecular formula is C8H16N2O. The normalized spacial score (nSPS) is 28.1. The lowest BCUT2D eigenvalue weighted by Crippen LogP contribution is -2.53. The topological polar surface area (TPSA) is 24.5 Å². The lowest BCUT2D eigenvalue weighted by Gasteiger charge is -2.38. The monoisotopic (exact) mass is 156 g/mol. The fourth-order valence-corrected chi connectivity index (χ4v) is 1.64. The van der Waals surface area contributed by atoms with E-state index < -0.39 is 0 Å². The van der Waals surface area contributed by atoms with Gasteiger partial charge in [-0.1, -0.05) is 0 Å². The van der Waals surface area contributed by atoms with Crippen molar-refractivity contribution in [3.8, 4) is 0 Å². The number of likely N-dealkylation sites (tertiary alicyclic amines) is 1. The standard InChI is InChI=1S/C8H16N2O/c1-10-3-7(4-10)2-9-8-5-11-6-8/h7-9H,2-6H2,1H3. The molecule has 0 saturated carbocycles. The summed E-state index contributed by atoms with van der Waals surface area (Å²) in [4.78, 5) is 2.35. The van der Waals surface area contributed by atoms with E-state index in [0.717, 1.165) is 19.1 Å². The molecule has 3 heteroatoms. The summed E-state index contributed by atoms with van der Waals surface area (Å²) in [5, 5.41) is 3.49. The van der Waals surface area contributed by atoms with Gasteiger partial charge in [0.1, 0.15) is 0 Å². The van der Waals surface area contributed by atoms with Crippen molar-refractivity contribution in [2.45, 2.75) is 6.04 Å². The molecule has 2 aliphatic heterocycles. The molecule has 0 amide bonds. The van der Waals surface area contributed by atoms with E-state index in [1.165, 1.54) is 19.6 Å². The number of nitrogens with zero attached hydrogens (tertiary/aromatic N) is 1. The molecular weight excluding hydrogens is 140 g/mol. The average molecular weight is 156 g/mol. The summed E-state index contributed by atoms with van der Waals surface area (Å²) >= 11 is 0. The molecule has 2 heterocycles. The van der Waals surface area contributed by atoms with Crippen molar-refractivity contribution in [2.75, 3.05) is 39.9 Å². The summed E-state index contributed by atoms with van der Waals surface area (Å²) in [7, 11) is 2.17. The average Bonchev–Trinajstić information content (AvgIpc) is 1.80. The molecule has 0 atom stereocenters. The second kappa shape index (κ2) is 3.09. The first-order valence-electron chi connectivity index (χ1n) is 4.34. The highest BCUT2D eigenvalue weighted by atomic mass is 16.5. The molecule has 3 nitrogen and oxygen atoms in total. The van der Waals surface area contributed by atoms with Gasteiger partial charge in [0.15, 0.2) is 0 Å². The molecule has 0 aromatic rings. The Bertz CT molecular complexity index is 130. The Hall–Kier alpha value is -0.120. The third-order valence-corrected chi connectivity index (χ3v) is 2.47. The number of hydrogen-bond donors (Lipinski definition) is 1. The van der Waals surface area contributed by atoms with Gasteiger partial charge in [0.25, 0.3) is 0 Å². The maximum atomic E-state index is 5.07. The largest absolute Gasteiger partial charge is 0.378 e. The highest BCUT2D eigenvalue weighted by Gasteiger charge is 2.25. The van der Waals surface area contributed by atoms with Crippen molar-refractivity contribution in [2.24, 2.45) is 5.92 Å². The van der Waals surface area contributed by atoms with Crippen LogP contribution in [0.3, 0.4) is 0 Å². The lowest BCUT2D eigenvalue weighted by molar-refractivity contribution is -0.0103. The van der Waals surface area contributed by atoms with E-state index in [-0.39, 0.29) is 0 Å². The van der Waals surface area contributed by atoms with Crippen molar-refractivity contribution < 1.29 is 4.74 Å². The van der Waals surface area contributed by atoms with Crippen LogP contribution in [0.5, 0.6) is 0 Å². The highest BCUT2D eigenvalue weighted by molar-refractivity contribution is 4.81. The molecule has 0 bridgehead atoms. The fourth-order valence-electron chi connectivity index (χ4n) is 1.64. The van der Waals surface area contributed by atoms with Crippen molar-refractivity contribution >= 4 is 0 Å². The van der Waals surface area contributed by atoms with E-state index in [0.29, 0.717) is 6.04 Å². The summed E-state index contributed by atoms with van der Waals surface area (Å²) < 4.78 is 5.07. The van der Waals surface area contributed by atoms with Crippen LogP contribution in [0.25, 0.3) is 0 Å². The van der Waals surface area contributed by atoms with Gasteiger partial charge < -0.3 is 15.0 Å². The Morgan fingerprint density at radius 1 is 1.45 bits per heavy atom. The van der Waals surface area contributed by atoms with Gasteiger partial charge in [0.05, 0.1) is 19.3 Å². The molecule has 11 heavy (non-hydrogen) atoms. The number of nitrogens with one attached hydrogen (secondary N) is 1. The predicted molar refractivity (Wildman–Crippen MR) is 43.6 cm³/mol. The van der Waals surface area contributed by atoms with Gasteiger partial charge in [-0.15, -0.1) is 0 Å². The first-order valence-corrected chi connectivity index (χ1v) is 4.34. The Morgan fingerprint density at radius 3 is 2.64 bits per heavy atom. The lowest BCUT2D eigenvalue weighted by atomic mass is 10.0. The van der Waals surface area contributed by atoms with Gasteiger partial charge in [-0.05, 0) is 13.0 Å². The predicted octanol–water partition coefficient (Wildman–Crippen LogP) is -0.464. The van der Waals surface area contributed by atoms with E-state index in [1.807, 2.05) is 0 Å². The number of hydrogen-bond acceptors (Lipinski definition) is 3. The Labute approximate surface area is 67.7 Å². The van der Waals surface area contributed by atoms with Crippen LogP contribution in [-0.4, -0.2) is 50.8 Å². The second-order valence-corrected chi connectivity index (χ2v) is 3.73. The smallest absolute Gasteiger partial charge is 0.0643 e. The van der Waals surface area contributed by atoms with Crippen LogP contribution in [0.15, 0.2) is 0 Å². The maximum absolute atomic E-state index is 5.07. The second-order valence-electron chi connectivity index (χ2n) is 3.73. The van der Waals surface area contributed by atoms with Gasteiger partial charge >= 0.3 is 0 Å². The molecule has 0 spiro atoms. The third kappa shape index (κ3) is 1.72. The van der Waals surface area contributed by atoms with Crippen LogP contribution in [0.4, 0.5) is 0 Å². The summed E-state index contributed by atoms with van der Waals surface area (Å²) in [6.45, 7) is 5.55. The zero-order chi connectivity index (χ0) is 7.68. The highest BCUT2D eigenvalue weighted by Crippen LogP contribution is 2.11. The van der Waals surface area contributed by atoms with E-state index in [1.54, 1.807) is 0 Å². The fraction of sp³-hybridized carbons (Fsp3) is 1.00. The zero-order valence-corrected chi connectivity index (χ0v) is 7.05. The van der Waals surface area contributed by atoms with Crippen molar-refractivity contribution in [3.05, 3.63) is 0 Å². The van der Waals surface area contributed by atoms with E-state index in [2.05, 4.69) is 17.3 Å². The molecule has 2 fully saturated rings. The van der Waals surface area contributed by atoms with Gasteiger partial charge in [0.2, 0.25) is 0 Å². The summed E-state index contributed by atoms with van der Waals surface area (Å²) in [5.41, 5.74) is 0. The maximum Gasteiger partial charge on any atom is 0.0643 e. The first kappa shape index (κ1) is 7.53. The SMILES string of the molecule is CN1CC(CNC2COC2)C1. The minimum atomic E-state index is 0.654. The van der Waals surface area contributed by atoms with Gasteiger partial charge in [-0.2, -0.15) is 0 Å². The summed E-state index contributed by atoms with van der Waals surface area (Å²) in [6.07, 6.45) is 0. The number of ether oxygens (including phenoxy) is 1. The van der Waals surface area contributed by atoms with Gasteiger partial charge in [-0.25, -0.2) is 0 Å². The van der Waals surface area contributed by atoms with E-state index in [4.69, 9.17) is 4.74 Å². The van der Waals surface area contributed by atoms with Crippen LogP contribution < -0.4 is 5.32 Å². The summed E-state index contributed by atoms with van der Waals surface area (Å²) in [5.74, 6) is 0.889. The third-order valence-electron chi connectivity index (χ3n) is 2.47. The van der Waals surface area contributed by atoms with E-state index in [9.17, 15) is 0 Å². The minimum Gasteiger partial charge on any atom is -0.378 e. The van der Waals surface area contributed by atoms with Crippen molar-refractivity contribution in [3.63, 3.8) is 0 Å². The van der Waals surface area contributed by atoms with Crippen molar-refractivity contribution in [1.29, 1.82) is 0 Å². The molecule has 2 aliphatic rings. The molecule has 0 unspecified atom stereocenters. The minimum absolute atomic E-state index is 0.654. The molecule has 64 valence electrons. The van der Waals surface area contributed by atoms with Gasteiger partial charge in [-0.3, -0.25) is 0 Å². The quantitative estimate of drug-likeness (QED) is 0.598. The molecule has 0 radical (unpaired) electrons. The number of rotatable bonds is 3. The molecule has 1 N–H and O–H groups in total. The molecule has 2 rings (SSSR count). The molecule has 0 aromatic heterocycles. The van der Waals surface area contributed by atoms with Crippen LogP contribution in [0, 0.1) is 5.92 Å². The van der Waals surface area contributed by atoms with Crippen LogP contribution in [-0.2, 0) is 4.74 Å². The Kier molecular flexibility index (Phi) is 2.11. The van der Waals surface area contributed by atoms with Crippen molar-refractivity contribution in [1.82, 2.24) is 10.2 Å². The van der Waals surface area contributed by atoms with Crippen LogP contribution in [0.1, 0.15) is 0 Å².